The van der Waals surface area contributed by atoms with Gasteiger partial charge in [0.15, 0.2) is 12.6 Å². The molecule has 4 heteroatoms. The maximum absolute atomic E-state index is 12.0. The standard InChI is InChI=1S/C17H15ClO3/c1-20-12-21-16-9-5-14(6-10-16)17(19)11-4-13-2-7-15(18)8-3-13/h2-11H,12H2,1H3. The molecule has 0 aromatic heterocycles. The Labute approximate surface area is 128 Å². The van der Waals surface area contributed by atoms with Crippen molar-refractivity contribution < 1.29 is 14.3 Å². The molecule has 0 N–H and O–H groups in total. The molecule has 0 radical (unpaired) electrons. The average Bonchev–Trinajstić information content (AvgIpc) is 2.52. The molecule has 0 amide bonds. The molecule has 2 aromatic rings. The molecule has 0 spiro atoms. The molecule has 0 unspecified atom stereocenters. The number of hydrogen-bond acceptors (Lipinski definition) is 3. The van der Waals surface area contributed by atoms with Crippen molar-refractivity contribution in [3.8, 4) is 5.75 Å². The Morgan fingerprint density at radius 2 is 1.76 bits per heavy atom. The fraction of sp³-hybridized carbons (Fsp3) is 0.118. The predicted octanol–water partition coefficient (Wildman–Crippen LogP) is 4.22. The van der Waals surface area contributed by atoms with Gasteiger partial charge in [-0.1, -0.05) is 29.8 Å². The number of rotatable bonds is 6. The van der Waals surface area contributed by atoms with Crippen LogP contribution < -0.4 is 4.74 Å². The summed E-state index contributed by atoms with van der Waals surface area (Å²) >= 11 is 5.81. The number of methoxy groups -OCH3 is 1. The van der Waals surface area contributed by atoms with Crippen molar-refractivity contribution in [2.75, 3.05) is 13.9 Å². The summed E-state index contributed by atoms with van der Waals surface area (Å²) in [7, 11) is 1.56. The van der Waals surface area contributed by atoms with Crippen molar-refractivity contribution in [1.82, 2.24) is 0 Å². The number of halogens is 1. The largest absolute Gasteiger partial charge is 0.468 e. The van der Waals surface area contributed by atoms with Crippen molar-refractivity contribution in [3.63, 3.8) is 0 Å². The van der Waals surface area contributed by atoms with Crippen LogP contribution in [-0.4, -0.2) is 19.7 Å². The van der Waals surface area contributed by atoms with Crippen molar-refractivity contribution in [3.05, 3.63) is 70.8 Å². The summed E-state index contributed by atoms with van der Waals surface area (Å²) in [6.07, 6.45) is 3.29. The highest BCUT2D eigenvalue weighted by Crippen LogP contribution is 2.14. The molecule has 0 atom stereocenters. The van der Waals surface area contributed by atoms with Crippen LogP contribution in [0.1, 0.15) is 15.9 Å². The first-order valence-electron chi connectivity index (χ1n) is 6.39. The highest BCUT2D eigenvalue weighted by Gasteiger charge is 2.02. The topological polar surface area (TPSA) is 35.5 Å². The average molecular weight is 303 g/mol. The molecule has 0 bridgehead atoms. The first kappa shape index (κ1) is 15.3. The lowest BCUT2D eigenvalue weighted by Gasteiger charge is -2.04. The smallest absolute Gasteiger partial charge is 0.188 e. The highest BCUT2D eigenvalue weighted by atomic mass is 35.5. The fourth-order valence-corrected chi connectivity index (χ4v) is 1.81. The molecule has 2 rings (SSSR count). The van der Waals surface area contributed by atoms with Crippen molar-refractivity contribution in [2.45, 2.75) is 0 Å². The monoisotopic (exact) mass is 302 g/mol. The van der Waals surface area contributed by atoms with Gasteiger partial charge in [-0.3, -0.25) is 4.79 Å². The van der Waals surface area contributed by atoms with E-state index < -0.39 is 0 Å². The van der Waals surface area contributed by atoms with Gasteiger partial charge >= 0.3 is 0 Å². The number of ketones is 1. The molecular weight excluding hydrogens is 288 g/mol. The van der Waals surface area contributed by atoms with Crippen molar-refractivity contribution >= 4 is 23.5 Å². The van der Waals surface area contributed by atoms with Crippen LogP contribution in [0, 0.1) is 0 Å². The summed E-state index contributed by atoms with van der Waals surface area (Å²) in [5, 5.41) is 0.671. The van der Waals surface area contributed by atoms with E-state index >= 15 is 0 Å². The van der Waals surface area contributed by atoms with Crippen LogP contribution in [0.5, 0.6) is 5.75 Å². The lowest BCUT2D eigenvalue weighted by atomic mass is 10.1. The molecule has 2 aromatic carbocycles. The van der Waals surface area contributed by atoms with Gasteiger partial charge in [-0.05, 0) is 48.0 Å². The Morgan fingerprint density at radius 1 is 1.10 bits per heavy atom. The Hall–Kier alpha value is -2.10. The summed E-state index contributed by atoms with van der Waals surface area (Å²) in [5.74, 6) is 0.596. The van der Waals surface area contributed by atoms with Gasteiger partial charge in [-0.25, -0.2) is 0 Å². The van der Waals surface area contributed by atoms with Crippen LogP contribution in [0.3, 0.4) is 0 Å². The van der Waals surface area contributed by atoms with E-state index in [0.717, 1.165) is 5.56 Å². The van der Waals surface area contributed by atoms with Gasteiger partial charge in [0, 0.05) is 17.7 Å². The Balaban J connectivity index is 2.01. The van der Waals surface area contributed by atoms with Gasteiger partial charge in [0.05, 0.1) is 0 Å². The third kappa shape index (κ3) is 4.74. The number of carbonyl (C=O) groups excluding carboxylic acids is 1. The Bertz CT molecular complexity index is 615. The van der Waals surface area contributed by atoms with E-state index in [0.29, 0.717) is 16.3 Å². The van der Waals surface area contributed by atoms with Crippen LogP contribution >= 0.6 is 11.6 Å². The number of ether oxygens (including phenoxy) is 2. The molecule has 0 aliphatic heterocycles. The van der Waals surface area contributed by atoms with Gasteiger partial charge in [-0.15, -0.1) is 0 Å². The molecule has 0 fully saturated rings. The minimum absolute atomic E-state index is 0.0664. The van der Waals surface area contributed by atoms with E-state index in [1.54, 1.807) is 49.6 Å². The van der Waals surface area contributed by atoms with Crippen molar-refractivity contribution in [1.29, 1.82) is 0 Å². The third-order valence-electron chi connectivity index (χ3n) is 2.78. The summed E-state index contributed by atoms with van der Waals surface area (Å²) in [5.41, 5.74) is 1.53. The SMILES string of the molecule is COCOc1ccc(C(=O)C=Cc2ccc(Cl)cc2)cc1. The van der Waals surface area contributed by atoms with Crippen LogP contribution in [0.15, 0.2) is 54.6 Å². The normalized spacial score (nSPS) is 10.8. The second-order valence-corrected chi connectivity index (χ2v) is 4.76. The lowest BCUT2D eigenvalue weighted by molar-refractivity contribution is 0.0511. The third-order valence-corrected chi connectivity index (χ3v) is 3.03. The second-order valence-electron chi connectivity index (χ2n) is 4.32. The Morgan fingerprint density at radius 3 is 2.38 bits per heavy atom. The second kappa shape index (κ2) is 7.62. The van der Waals surface area contributed by atoms with Gasteiger partial charge in [0.2, 0.25) is 0 Å². The van der Waals surface area contributed by atoms with Crippen LogP contribution in [0.2, 0.25) is 5.02 Å². The Kier molecular flexibility index (Phi) is 5.55. The first-order chi connectivity index (χ1) is 10.2. The summed E-state index contributed by atoms with van der Waals surface area (Å²) in [6, 6.07) is 14.2. The zero-order valence-corrected chi connectivity index (χ0v) is 12.3. The summed E-state index contributed by atoms with van der Waals surface area (Å²) in [4.78, 5) is 12.0. The van der Waals surface area contributed by atoms with Gasteiger partial charge in [0.1, 0.15) is 5.75 Å². The number of hydrogen-bond donors (Lipinski definition) is 0. The fourth-order valence-electron chi connectivity index (χ4n) is 1.68. The quantitative estimate of drug-likeness (QED) is 0.455. The summed E-state index contributed by atoms with van der Waals surface area (Å²) < 4.78 is 10.1. The van der Waals surface area contributed by atoms with E-state index in [4.69, 9.17) is 21.1 Å². The van der Waals surface area contributed by atoms with Gasteiger partial charge < -0.3 is 9.47 Å². The van der Waals surface area contributed by atoms with Crippen LogP contribution in [0.4, 0.5) is 0 Å². The molecular formula is C17H15ClO3. The zero-order valence-electron chi connectivity index (χ0n) is 11.6. The molecule has 0 saturated carbocycles. The van der Waals surface area contributed by atoms with E-state index in [9.17, 15) is 4.79 Å². The van der Waals surface area contributed by atoms with Crippen molar-refractivity contribution in [2.24, 2.45) is 0 Å². The first-order valence-corrected chi connectivity index (χ1v) is 6.76. The van der Waals surface area contributed by atoms with E-state index in [1.807, 2.05) is 12.1 Å². The zero-order chi connectivity index (χ0) is 15.1. The number of allylic oxidation sites excluding steroid dienone is 1. The van der Waals surface area contributed by atoms with Crippen LogP contribution in [-0.2, 0) is 4.74 Å². The molecule has 0 aliphatic rings. The predicted molar refractivity (Wildman–Crippen MR) is 83.8 cm³/mol. The molecule has 108 valence electrons. The van der Waals surface area contributed by atoms with Gasteiger partial charge in [-0.2, -0.15) is 0 Å². The molecule has 0 aliphatic carbocycles. The minimum atomic E-state index is -0.0664. The molecule has 3 nitrogen and oxygen atoms in total. The lowest BCUT2D eigenvalue weighted by Crippen LogP contribution is -1.99. The molecule has 21 heavy (non-hydrogen) atoms. The minimum Gasteiger partial charge on any atom is -0.468 e. The van der Waals surface area contributed by atoms with E-state index in [1.165, 1.54) is 6.08 Å². The maximum Gasteiger partial charge on any atom is 0.188 e. The summed E-state index contributed by atoms with van der Waals surface area (Å²) in [6.45, 7) is 0.184. The maximum atomic E-state index is 12.0. The number of benzene rings is 2. The molecule has 0 saturated heterocycles. The van der Waals surface area contributed by atoms with E-state index in [-0.39, 0.29) is 12.6 Å². The number of carbonyl (C=O) groups is 1. The van der Waals surface area contributed by atoms with Gasteiger partial charge in [0.25, 0.3) is 0 Å². The molecule has 0 heterocycles. The van der Waals surface area contributed by atoms with Crippen LogP contribution in [0.25, 0.3) is 6.08 Å². The highest BCUT2D eigenvalue weighted by molar-refractivity contribution is 6.30. The van der Waals surface area contributed by atoms with E-state index in [2.05, 4.69) is 0 Å².